The van der Waals surface area contributed by atoms with Crippen LogP contribution in [0, 0.1) is 11.7 Å². The van der Waals surface area contributed by atoms with Crippen molar-refractivity contribution in [2.24, 2.45) is 16.6 Å². The van der Waals surface area contributed by atoms with Crippen LogP contribution in [0.3, 0.4) is 0 Å². The molecule has 8 nitrogen and oxygen atoms in total. The molecule has 1 amide bonds. The molecule has 2 atom stereocenters. The number of carbonyl (C=O) groups excluding carboxylic acids is 1. The van der Waals surface area contributed by atoms with Crippen molar-refractivity contribution >= 4 is 46.6 Å². The van der Waals surface area contributed by atoms with Crippen molar-refractivity contribution in [1.82, 2.24) is 9.62 Å². The van der Waals surface area contributed by atoms with Gasteiger partial charge in [0.2, 0.25) is 5.91 Å². The highest BCUT2D eigenvalue weighted by molar-refractivity contribution is 7.97. The van der Waals surface area contributed by atoms with E-state index in [0.717, 1.165) is 41.3 Å². The van der Waals surface area contributed by atoms with Gasteiger partial charge in [-0.3, -0.25) is 19.2 Å². The van der Waals surface area contributed by atoms with E-state index in [9.17, 15) is 14.0 Å². The van der Waals surface area contributed by atoms with Gasteiger partial charge in [0, 0.05) is 42.4 Å². The Bertz CT molecular complexity index is 1440. The standard InChI is InChI=1S/C33H39FN4O4S2/c1-22(24-5-9-26(34)10-6-24)38-18-16-23(20-38)21-44-36-17-15-28(32(35)29-4-3-19-43-29)33(37-30(39)13-14-31(40)41)25-7-11-27(42-2)12-8-25/h3-12,19,22-23,36H,13-18,20-21,35H2,1-2H3,(H,40,41)/b32-28-,37-33?. The van der Waals surface area contributed by atoms with Crippen LogP contribution in [-0.4, -0.2) is 60.1 Å². The monoisotopic (exact) mass is 638 g/mol. The summed E-state index contributed by atoms with van der Waals surface area (Å²) >= 11 is 3.18. The molecule has 1 fully saturated rings. The van der Waals surface area contributed by atoms with Crippen LogP contribution >= 0.6 is 23.3 Å². The number of methoxy groups -OCH3 is 1. The number of rotatable bonds is 15. The number of nitrogens with zero attached hydrogens (tertiary/aromatic N) is 2. The predicted molar refractivity (Wildman–Crippen MR) is 176 cm³/mol. The van der Waals surface area contributed by atoms with Gasteiger partial charge in [-0.2, -0.15) is 0 Å². The zero-order valence-electron chi connectivity index (χ0n) is 25.0. The van der Waals surface area contributed by atoms with Gasteiger partial charge in [-0.1, -0.05) is 30.1 Å². The van der Waals surface area contributed by atoms with E-state index in [2.05, 4.69) is 21.5 Å². The molecule has 4 N–H and O–H groups in total. The Morgan fingerprint density at radius 2 is 1.91 bits per heavy atom. The molecule has 3 aromatic rings. The number of thiophene rings is 1. The summed E-state index contributed by atoms with van der Waals surface area (Å²) in [6.45, 7) is 4.75. The smallest absolute Gasteiger partial charge is 0.303 e. The first-order valence-corrected chi connectivity index (χ1v) is 16.5. The molecule has 1 aromatic heterocycles. The maximum absolute atomic E-state index is 13.4. The molecule has 2 heterocycles. The molecular weight excluding hydrogens is 600 g/mol. The number of hydrogen-bond acceptors (Lipinski definition) is 8. The average molecular weight is 639 g/mol. The summed E-state index contributed by atoms with van der Waals surface area (Å²) in [4.78, 5) is 31.6. The second-order valence-electron chi connectivity index (χ2n) is 10.7. The fourth-order valence-corrected chi connectivity index (χ4v) is 6.72. The van der Waals surface area contributed by atoms with Crippen LogP contribution in [0.2, 0.25) is 0 Å². The number of hydrogen-bond donors (Lipinski definition) is 3. The molecule has 0 saturated carbocycles. The maximum Gasteiger partial charge on any atom is 0.303 e. The van der Waals surface area contributed by atoms with Gasteiger partial charge in [-0.25, -0.2) is 9.38 Å². The lowest BCUT2D eigenvalue weighted by molar-refractivity contribution is -0.138. The van der Waals surface area contributed by atoms with E-state index in [1.807, 2.05) is 41.8 Å². The third kappa shape index (κ3) is 9.49. The van der Waals surface area contributed by atoms with Crippen molar-refractivity contribution in [1.29, 1.82) is 0 Å². The van der Waals surface area contributed by atoms with Crippen LogP contribution in [0.4, 0.5) is 4.39 Å². The van der Waals surface area contributed by atoms with Gasteiger partial charge >= 0.3 is 5.97 Å². The molecule has 234 valence electrons. The normalized spacial score (nSPS) is 16.9. The summed E-state index contributed by atoms with van der Waals surface area (Å²) in [7, 11) is 1.58. The van der Waals surface area contributed by atoms with Crippen LogP contribution in [0.5, 0.6) is 5.75 Å². The minimum Gasteiger partial charge on any atom is -0.497 e. The number of halogens is 1. The molecular formula is C33H39FN4O4S2. The van der Waals surface area contributed by atoms with Crippen molar-refractivity contribution in [3.8, 4) is 5.75 Å². The Labute approximate surface area is 266 Å². The number of ether oxygens (including phenoxy) is 1. The second kappa shape index (κ2) is 16.5. The van der Waals surface area contributed by atoms with Gasteiger partial charge in [0.1, 0.15) is 11.6 Å². The van der Waals surface area contributed by atoms with Crippen molar-refractivity contribution in [3.63, 3.8) is 0 Å². The molecule has 1 aliphatic heterocycles. The van der Waals surface area contributed by atoms with E-state index in [4.69, 9.17) is 15.6 Å². The molecule has 0 spiro atoms. The van der Waals surface area contributed by atoms with E-state index in [1.54, 1.807) is 31.2 Å². The predicted octanol–water partition coefficient (Wildman–Crippen LogP) is 6.16. The largest absolute Gasteiger partial charge is 0.497 e. The number of nitrogens with one attached hydrogen (secondary N) is 1. The van der Waals surface area contributed by atoms with Crippen molar-refractivity contribution in [2.45, 2.75) is 38.6 Å². The zero-order chi connectivity index (χ0) is 31.5. The van der Waals surface area contributed by atoms with Gasteiger partial charge in [-0.15, -0.1) is 11.3 Å². The van der Waals surface area contributed by atoms with Crippen LogP contribution in [0.15, 0.2) is 76.6 Å². The van der Waals surface area contributed by atoms with Gasteiger partial charge in [0.15, 0.2) is 0 Å². The van der Waals surface area contributed by atoms with E-state index >= 15 is 0 Å². The minimum absolute atomic E-state index is 0.201. The maximum atomic E-state index is 13.4. The highest BCUT2D eigenvalue weighted by Crippen LogP contribution is 2.29. The molecule has 4 rings (SSSR count). The quantitative estimate of drug-likeness (QED) is 0.103. The zero-order valence-corrected chi connectivity index (χ0v) is 26.6. The number of amides is 1. The number of aliphatic carboxylic acids is 1. The number of likely N-dealkylation sites (tertiary alicyclic amines) is 1. The Hall–Kier alpha value is -3.51. The van der Waals surface area contributed by atoms with Gasteiger partial charge < -0.3 is 15.6 Å². The number of carbonyl (C=O) groups is 2. The second-order valence-corrected chi connectivity index (χ2v) is 12.5. The lowest BCUT2D eigenvalue weighted by Gasteiger charge is -2.24. The summed E-state index contributed by atoms with van der Waals surface area (Å²) in [5, 5.41) is 11.0. The Kier molecular flexibility index (Phi) is 12.5. The van der Waals surface area contributed by atoms with Gasteiger partial charge in [-0.05, 0) is 85.6 Å². The summed E-state index contributed by atoms with van der Waals surface area (Å²) in [6, 6.07) is 18.1. The molecule has 1 saturated heterocycles. The van der Waals surface area contributed by atoms with Crippen LogP contribution in [0.1, 0.15) is 54.7 Å². The number of carboxylic acids is 1. The van der Waals surface area contributed by atoms with Gasteiger partial charge in [0.25, 0.3) is 0 Å². The molecule has 0 aliphatic carbocycles. The molecule has 44 heavy (non-hydrogen) atoms. The number of carboxylic acid groups (broad SMARTS) is 1. The SMILES string of the molecule is COc1ccc(C(=NC(=O)CCC(=O)O)/C(CCNSCC2CCN(C(C)c3ccc(F)cc3)C2)=C(\N)c2cccs2)cc1. The van der Waals surface area contributed by atoms with Crippen LogP contribution in [-0.2, 0) is 9.59 Å². The Morgan fingerprint density at radius 3 is 2.57 bits per heavy atom. The number of benzene rings is 2. The van der Waals surface area contributed by atoms with Gasteiger partial charge in [0.05, 0.1) is 29.8 Å². The van der Waals surface area contributed by atoms with Crippen molar-refractivity contribution in [3.05, 3.63) is 93.4 Å². The fourth-order valence-electron chi connectivity index (χ4n) is 5.14. The Balaban J connectivity index is 1.43. The van der Waals surface area contributed by atoms with Crippen molar-refractivity contribution in [2.75, 3.05) is 32.5 Å². The van der Waals surface area contributed by atoms with E-state index in [-0.39, 0.29) is 24.7 Å². The minimum atomic E-state index is -1.05. The summed E-state index contributed by atoms with van der Waals surface area (Å²) in [5.41, 5.74) is 10.2. The third-order valence-corrected chi connectivity index (χ3v) is 9.62. The number of nitrogens with two attached hydrogens (primary N) is 1. The Morgan fingerprint density at radius 1 is 1.16 bits per heavy atom. The van der Waals surface area contributed by atoms with E-state index < -0.39 is 11.9 Å². The molecule has 11 heteroatoms. The number of aliphatic imine (C=N–C) groups is 1. The highest BCUT2D eigenvalue weighted by atomic mass is 32.2. The van der Waals surface area contributed by atoms with E-state index in [1.165, 1.54) is 23.5 Å². The lowest BCUT2D eigenvalue weighted by atomic mass is 9.97. The first-order valence-electron chi connectivity index (χ1n) is 14.6. The molecule has 0 radical (unpaired) electrons. The first-order chi connectivity index (χ1) is 21.2. The molecule has 2 aromatic carbocycles. The summed E-state index contributed by atoms with van der Waals surface area (Å²) < 4.78 is 22.1. The van der Waals surface area contributed by atoms with Crippen LogP contribution in [0.25, 0.3) is 5.70 Å². The summed E-state index contributed by atoms with van der Waals surface area (Å²) in [6.07, 6.45) is 1.11. The fraction of sp³-hybridized carbons (Fsp3) is 0.364. The summed E-state index contributed by atoms with van der Waals surface area (Å²) in [5.74, 6) is 0.356. The first kappa shape index (κ1) is 33.4. The van der Waals surface area contributed by atoms with Crippen LogP contribution < -0.4 is 15.2 Å². The van der Waals surface area contributed by atoms with Crippen molar-refractivity contribution < 1.29 is 23.8 Å². The molecule has 2 unspecified atom stereocenters. The average Bonchev–Trinajstić information content (AvgIpc) is 3.74. The molecule has 0 bridgehead atoms. The molecule has 1 aliphatic rings. The van der Waals surface area contributed by atoms with E-state index in [0.29, 0.717) is 41.6 Å². The topological polar surface area (TPSA) is 117 Å². The highest BCUT2D eigenvalue weighted by Gasteiger charge is 2.27. The lowest BCUT2D eigenvalue weighted by Crippen LogP contribution is -2.25. The third-order valence-electron chi connectivity index (χ3n) is 7.67.